The molecule has 0 radical (unpaired) electrons. The molecule has 0 amide bonds. The largest absolute Gasteiger partial charge is 0.310 e. The maximum absolute atomic E-state index is 3.60. The monoisotopic (exact) mass is 140 g/mol. The van der Waals surface area contributed by atoms with Crippen LogP contribution in [-0.2, 0) is 0 Å². The molecule has 2 heterocycles. The van der Waals surface area contributed by atoms with Crippen molar-refractivity contribution in [3.05, 3.63) is 0 Å². The number of hydrogen-bond donors (Lipinski definition) is 1. The first-order valence-corrected chi connectivity index (χ1v) is 4.20. The second kappa shape index (κ2) is 2.21. The first-order valence-electron chi connectivity index (χ1n) is 4.20. The number of nitrogens with zero attached hydrogens (tertiary/aromatic N) is 1. The molecule has 2 aliphatic rings. The molecule has 2 aliphatic heterocycles. The van der Waals surface area contributed by atoms with Gasteiger partial charge in [-0.25, -0.2) is 0 Å². The molecule has 1 N–H and O–H groups in total. The summed E-state index contributed by atoms with van der Waals surface area (Å²) >= 11 is 0. The standard InChI is InChI=1S/C8H16N2/c1-6-3-7-4-10(2)5-8(7)9-6/h6-9H,3-5H2,1-2H3/t6-,7+,8+/m1/s1. The Kier molecular flexibility index (Phi) is 1.46. The van der Waals surface area contributed by atoms with Gasteiger partial charge in [-0.1, -0.05) is 0 Å². The second-order valence-corrected chi connectivity index (χ2v) is 3.89. The minimum atomic E-state index is 0.767. The third kappa shape index (κ3) is 0.956. The predicted octanol–water partition coefficient (Wildman–Crippen LogP) is 0.298. The van der Waals surface area contributed by atoms with Crippen molar-refractivity contribution < 1.29 is 0 Å². The van der Waals surface area contributed by atoms with Crippen LogP contribution in [0.3, 0.4) is 0 Å². The molecule has 0 unspecified atom stereocenters. The Labute approximate surface area is 62.6 Å². The van der Waals surface area contributed by atoms with Crippen LogP contribution < -0.4 is 5.32 Å². The van der Waals surface area contributed by atoms with Crippen molar-refractivity contribution in [1.82, 2.24) is 10.2 Å². The molecule has 2 nitrogen and oxygen atoms in total. The van der Waals surface area contributed by atoms with Crippen LogP contribution in [0.5, 0.6) is 0 Å². The summed E-state index contributed by atoms with van der Waals surface area (Å²) < 4.78 is 0. The van der Waals surface area contributed by atoms with E-state index < -0.39 is 0 Å². The van der Waals surface area contributed by atoms with Gasteiger partial charge in [0.25, 0.3) is 0 Å². The van der Waals surface area contributed by atoms with E-state index in [1.807, 2.05) is 0 Å². The van der Waals surface area contributed by atoms with E-state index in [4.69, 9.17) is 0 Å². The van der Waals surface area contributed by atoms with Crippen molar-refractivity contribution in [3.8, 4) is 0 Å². The third-order valence-corrected chi connectivity index (χ3v) is 2.78. The number of nitrogens with one attached hydrogen (secondary N) is 1. The quantitative estimate of drug-likeness (QED) is 0.520. The summed E-state index contributed by atoms with van der Waals surface area (Å²) in [4.78, 5) is 2.42. The van der Waals surface area contributed by atoms with Crippen LogP contribution in [0.4, 0.5) is 0 Å². The van der Waals surface area contributed by atoms with Crippen LogP contribution in [0.2, 0.25) is 0 Å². The maximum atomic E-state index is 3.60. The number of rotatable bonds is 0. The third-order valence-electron chi connectivity index (χ3n) is 2.78. The average Bonchev–Trinajstić information content (AvgIpc) is 2.21. The van der Waals surface area contributed by atoms with E-state index in [2.05, 4.69) is 24.2 Å². The molecule has 0 aromatic carbocycles. The van der Waals surface area contributed by atoms with E-state index in [1.54, 1.807) is 0 Å². The summed E-state index contributed by atoms with van der Waals surface area (Å²) in [6, 6.07) is 1.57. The van der Waals surface area contributed by atoms with Crippen molar-refractivity contribution in [2.45, 2.75) is 25.4 Å². The lowest BCUT2D eigenvalue weighted by atomic mass is 10.0. The molecular weight excluding hydrogens is 124 g/mol. The first kappa shape index (κ1) is 6.62. The van der Waals surface area contributed by atoms with Crippen LogP contribution in [-0.4, -0.2) is 37.1 Å². The van der Waals surface area contributed by atoms with Gasteiger partial charge < -0.3 is 10.2 Å². The maximum Gasteiger partial charge on any atom is 0.0238 e. The molecule has 3 atom stereocenters. The lowest BCUT2D eigenvalue weighted by Gasteiger charge is -2.11. The van der Waals surface area contributed by atoms with E-state index in [9.17, 15) is 0 Å². The summed E-state index contributed by atoms with van der Waals surface area (Å²) in [5.41, 5.74) is 0. The van der Waals surface area contributed by atoms with Gasteiger partial charge in [-0.2, -0.15) is 0 Å². The molecule has 0 aliphatic carbocycles. The summed E-state index contributed by atoms with van der Waals surface area (Å²) in [5, 5.41) is 3.60. The molecule has 2 fully saturated rings. The number of fused-ring (bicyclic) bond motifs is 1. The molecule has 2 saturated heterocycles. The average molecular weight is 140 g/mol. The Morgan fingerprint density at radius 3 is 2.90 bits per heavy atom. The molecule has 10 heavy (non-hydrogen) atoms. The van der Waals surface area contributed by atoms with Gasteiger partial charge in [-0.15, -0.1) is 0 Å². The Morgan fingerprint density at radius 1 is 1.40 bits per heavy atom. The van der Waals surface area contributed by atoms with Crippen LogP contribution in [0.25, 0.3) is 0 Å². The number of likely N-dealkylation sites (N-methyl/N-ethyl adjacent to an activating group) is 1. The normalized spacial score (nSPS) is 48.0. The highest BCUT2D eigenvalue weighted by atomic mass is 15.2. The van der Waals surface area contributed by atoms with Crippen LogP contribution in [0.15, 0.2) is 0 Å². The highest BCUT2D eigenvalue weighted by molar-refractivity contribution is 4.95. The second-order valence-electron chi connectivity index (χ2n) is 3.89. The number of likely N-dealkylation sites (tertiary alicyclic amines) is 1. The molecule has 0 saturated carbocycles. The molecule has 2 rings (SSSR count). The molecule has 0 aromatic heterocycles. The van der Waals surface area contributed by atoms with Gasteiger partial charge in [0.15, 0.2) is 0 Å². The van der Waals surface area contributed by atoms with Gasteiger partial charge >= 0.3 is 0 Å². The van der Waals surface area contributed by atoms with Gasteiger partial charge in [-0.3, -0.25) is 0 Å². The summed E-state index contributed by atoms with van der Waals surface area (Å²) in [6.07, 6.45) is 1.38. The van der Waals surface area contributed by atoms with Crippen molar-refractivity contribution in [2.75, 3.05) is 20.1 Å². The van der Waals surface area contributed by atoms with E-state index in [1.165, 1.54) is 19.5 Å². The topological polar surface area (TPSA) is 15.3 Å². The molecule has 0 bridgehead atoms. The predicted molar refractivity (Wildman–Crippen MR) is 42.0 cm³/mol. The Hall–Kier alpha value is -0.0800. The van der Waals surface area contributed by atoms with Crippen molar-refractivity contribution >= 4 is 0 Å². The number of hydrogen-bond acceptors (Lipinski definition) is 2. The zero-order chi connectivity index (χ0) is 7.14. The summed E-state index contributed by atoms with van der Waals surface area (Å²) in [5.74, 6) is 0.944. The van der Waals surface area contributed by atoms with E-state index in [0.717, 1.165) is 18.0 Å². The van der Waals surface area contributed by atoms with Crippen molar-refractivity contribution in [3.63, 3.8) is 0 Å². The molecule has 2 heteroatoms. The molecule has 0 spiro atoms. The minimum Gasteiger partial charge on any atom is -0.310 e. The van der Waals surface area contributed by atoms with Crippen molar-refractivity contribution in [1.29, 1.82) is 0 Å². The fraction of sp³-hybridized carbons (Fsp3) is 1.00. The summed E-state index contributed by atoms with van der Waals surface area (Å²) in [7, 11) is 2.21. The highest BCUT2D eigenvalue weighted by Crippen LogP contribution is 2.26. The Morgan fingerprint density at radius 2 is 2.20 bits per heavy atom. The van der Waals surface area contributed by atoms with Gasteiger partial charge in [0, 0.05) is 25.2 Å². The van der Waals surface area contributed by atoms with E-state index in [0.29, 0.717) is 0 Å². The van der Waals surface area contributed by atoms with Gasteiger partial charge in [0.1, 0.15) is 0 Å². The first-order chi connectivity index (χ1) is 4.75. The summed E-state index contributed by atoms with van der Waals surface area (Å²) in [6.45, 7) is 4.86. The molecular formula is C8H16N2. The van der Waals surface area contributed by atoms with E-state index in [-0.39, 0.29) is 0 Å². The molecule has 58 valence electrons. The SMILES string of the molecule is C[C@@H]1C[C@H]2CN(C)C[C@@H]2N1. The van der Waals surface area contributed by atoms with Crippen LogP contribution >= 0.6 is 0 Å². The van der Waals surface area contributed by atoms with Crippen LogP contribution in [0.1, 0.15) is 13.3 Å². The van der Waals surface area contributed by atoms with Gasteiger partial charge in [-0.05, 0) is 26.3 Å². The lowest BCUT2D eigenvalue weighted by molar-refractivity contribution is 0.370. The Balaban J connectivity index is 2.00. The van der Waals surface area contributed by atoms with Crippen molar-refractivity contribution in [2.24, 2.45) is 5.92 Å². The molecule has 0 aromatic rings. The fourth-order valence-electron chi connectivity index (χ4n) is 2.40. The smallest absolute Gasteiger partial charge is 0.0238 e. The zero-order valence-electron chi connectivity index (χ0n) is 6.80. The minimum absolute atomic E-state index is 0.767. The lowest BCUT2D eigenvalue weighted by Crippen LogP contribution is -2.32. The van der Waals surface area contributed by atoms with E-state index >= 15 is 0 Å². The fourth-order valence-corrected chi connectivity index (χ4v) is 2.40. The van der Waals surface area contributed by atoms with Crippen LogP contribution in [0, 0.1) is 5.92 Å². The highest BCUT2D eigenvalue weighted by Gasteiger charge is 2.37. The van der Waals surface area contributed by atoms with Gasteiger partial charge in [0.2, 0.25) is 0 Å². The Bertz CT molecular complexity index is 107. The zero-order valence-corrected chi connectivity index (χ0v) is 6.80. The van der Waals surface area contributed by atoms with Gasteiger partial charge in [0.05, 0.1) is 0 Å².